The number of phenols is 1. The minimum Gasteiger partial charge on any atom is -0.508 e. The maximum absolute atomic E-state index is 14.8. The molecule has 3 fully saturated rings. The minimum absolute atomic E-state index is 0.0470. The summed E-state index contributed by atoms with van der Waals surface area (Å²) in [4.78, 5) is 104. The molecular formula is C63H85N8O17+. The predicted molar refractivity (Wildman–Crippen MR) is 320 cm³/mol. The van der Waals surface area contributed by atoms with Crippen molar-refractivity contribution in [2.24, 2.45) is 5.92 Å². The lowest BCUT2D eigenvalue weighted by Gasteiger charge is -2.34. The molecule has 13 N–H and O–H groups in total. The number of unbranched alkanes of at least 4 members (excludes halogenated alkanes) is 2. The van der Waals surface area contributed by atoms with Gasteiger partial charge >= 0.3 is 0 Å². The first kappa shape index (κ1) is 67.9. The molecule has 7 amide bonds. The van der Waals surface area contributed by atoms with Crippen molar-refractivity contribution in [3.05, 3.63) is 108 Å². The molecule has 3 aliphatic heterocycles. The van der Waals surface area contributed by atoms with E-state index in [-0.39, 0.29) is 36.6 Å². The van der Waals surface area contributed by atoms with Gasteiger partial charge in [0.15, 0.2) is 6.23 Å². The third-order valence-electron chi connectivity index (χ3n) is 16.1. The number of carbonyl (C=O) groups is 7. The van der Waals surface area contributed by atoms with Crippen LogP contribution in [-0.2, 0) is 33.5 Å². The molecule has 25 nitrogen and oxygen atoms in total. The van der Waals surface area contributed by atoms with Crippen molar-refractivity contribution in [3.63, 3.8) is 0 Å². The molecule has 4 aromatic carbocycles. The van der Waals surface area contributed by atoms with E-state index in [1.807, 2.05) is 69.7 Å². The number of hydrogen-bond acceptors (Lipinski definition) is 17. The van der Waals surface area contributed by atoms with Crippen LogP contribution in [0.2, 0.25) is 0 Å². The summed E-state index contributed by atoms with van der Waals surface area (Å²) in [7, 11) is 5.52. The Balaban J connectivity index is 1.23. The van der Waals surface area contributed by atoms with Crippen molar-refractivity contribution in [3.8, 4) is 33.8 Å². The first-order valence-corrected chi connectivity index (χ1v) is 29.7. The second-order valence-electron chi connectivity index (χ2n) is 24.1. The number of aromatic hydroxyl groups is 1. The summed E-state index contributed by atoms with van der Waals surface area (Å²) in [6.07, 6.45) is -12.6. The molecule has 25 heteroatoms. The van der Waals surface area contributed by atoms with Gasteiger partial charge in [-0.25, -0.2) is 0 Å². The van der Waals surface area contributed by atoms with Crippen molar-refractivity contribution in [1.82, 2.24) is 36.4 Å². The maximum Gasteiger partial charge on any atom is 0.251 e. The number of aliphatic hydroxyl groups is 7. The Morgan fingerprint density at radius 3 is 1.74 bits per heavy atom. The Kier molecular flexibility index (Phi) is 23.2. The van der Waals surface area contributed by atoms with E-state index >= 15 is 0 Å². The number of benzene rings is 4. The predicted octanol–water partition coefficient (Wildman–Crippen LogP) is -0.197. The number of carbonyl (C=O) groups excluding carboxylic acids is 7. The third kappa shape index (κ3) is 17.2. The number of phenolic OH excluding ortho intramolecular Hbond substituents is 1. The molecule has 15 atom stereocenters. The number of nitrogens with one attached hydrogen (secondary N) is 5. The molecule has 3 aliphatic rings. The van der Waals surface area contributed by atoms with Gasteiger partial charge in [0.2, 0.25) is 35.4 Å². The van der Waals surface area contributed by atoms with Gasteiger partial charge in [0.1, 0.15) is 72.6 Å². The van der Waals surface area contributed by atoms with Gasteiger partial charge in [-0.2, -0.15) is 0 Å². The highest BCUT2D eigenvalue weighted by molar-refractivity contribution is 6.00. The van der Waals surface area contributed by atoms with E-state index < -0.39 is 152 Å². The first-order valence-electron chi connectivity index (χ1n) is 29.7. The molecule has 0 saturated carbocycles. The molecule has 478 valence electrons. The fourth-order valence-electron chi connectivity index (χ4n) is 10.8. The molecule has 7 rings (SSSR count). The zero-order valence-electron chi connectivity index (χ0n) is 50.6. The molecule has 3 heterocycles. The Labute approximate surface area is 511 Å². The van der Waals surface area contributed by atoms with E-state index in [0.29, 0.717) is 11.1 Å². The molecule has 0 aliphatic carbocycles. The van der Waals surface area contributed by atoms with Gasteiger partial charge in [-0.15, -0.1) is 0 Å². The third-order valence-corrected chi connectivity index (χ3v) is 16.1. The van der Waals surface area contributed by atoms with E-state index in [1.54, 1.807) is 12.1 Å². The van der Waals surface area contributed by atoms with Crippen LogP contribution in [0.3, 0.4) is 0 Å². The highest BCUT2D eigenvalue weighted by Crippen LogP contribution is 2.30. The molecule has 4 aromatic rings. The van der Waals surface area contributed by atoms with Crippen molar-refractivity contribution < 1.29 is 88.4 Å². The largest absolute Gasteiger partial charge is 0.508 e. The van der Waals surface area contributed by atoms with Gasteiger partial charge in [0, 0.05) is 37.4 Å². The SMILES string of the molecule is CCCCCOc1ccc(-c2ccc(-c3ccc(C(=O)NC4C[C@@H](O)C(OCC[N+](C)(C)C)NC(=O)C5[C@@H](O)[C@@H](C)CN5C(=O)C([C@@H](C)O)NC(=O)C([C@H](O)[C@@H](O)c5ccc(O)cc5)NC(=O)C5C[C@@H](O)CN5C(=O)C([C@@H](C)O)NC4=O)cc3)cc2)cc1. The Morgan fingerprint density at radius 2 is 1.18 bits per heavy atom. The van der Waals surface area contributed by atoms with E-state index in [2.05, 4.69) is 33.5 Å². The van der Waals surface area contributed by atoms with Crippen LogP contribution in [0.15, 0.2) is 97.1 Å². The lowest BCUT2D eigenvalue weighted by atomic mass is 9.96. The smallest absolute Gasteiger partial charge is 0.251 e. The maximum atomic E-state index is 14.8. The van der Waals surface area contributed by atoms with E-state index in [4.69, 9.17) is 9.47 Å². The summed E-state index contributed by atoms with van der Waals surface area (Å²) in [6, 6.07) is 15.3. The van der Waals surface area contributed by atoms with Crippen LogP contribution in [0.25, 0.3) is 22.3 Å². The Hall–Kier alpha value is -7.59. The lowest BCUT2D eigenvalue weighted by molar-refractivity contribution is -0.870. The lowest BCUT2D eigenvalue weighted by Crippen LogP contribution is -2.64. The van der Waals surface area contributed by atoms with Crippen molar-refractivity contribution in [1.29, 1.82) is 0 Å². The number of fused-ring (bicyclic) bond motifs is 2. The topological polar surface area (TPSA) is 366 Å². The van der Waals surface area contributed by atoms with Gasteiger partial charge in [0.05, 0.1) is 58.8 Å². The molecule has 0 aromatic heterocycles. The number of quaternary nitrogens is 1. The van der Waals surface area contributed by atoms with E-state index in [0.717, 1.165) is 70.9 Å². The Morgan fingerprint density at radius 1 is 0.648 bits per heavy atom. The number of likely N-dealkylation sites (N-methyl/N-ethyl adjacent to an activating group) is 1. The van der Waals surface area contributed by atoms with Crippen LogP contribution in [-0.4, -0.2) is 230 Å². The second kappa shape index (κ2) is 30.1. The highest BCUT2D eigenvalue weighted by atomic mass is 16.5. The molecular weight excluding hydrogens is 1140 g/mol. The summed E-state index contributed by atoms with van der Waals surface area (Å²) in [6.45, 7) is 5.80. The van der Waals surface area contributed by atoms with Gasteiger partial charge in [-0.3, -0.25) is 33.6 Å². The molecule has 3 saturated heterocycles. The van der Waals surface area contributed by atoms with Crippen molar-refractivity contribution >= 4 is 41.4 Å². The number of aliphatic hydroxyl groups excluding tert-OH is 7. The zero-order chi connectivity index (χ0) is 64.3. The normalized spacial score (nSPS) is 26.7. The minimum atomic E-state index is -2.29. The summed E-state index contributed by atoms with van der Waals surface area (Å²) < 4.78 is 12.3. The van der Waals surface area contributed by atoms with E-state index in [9.17, 15) is 74.4 Å². The molecule has 0 spiro atoms. The monoisotopic (exact) mass is 1230 g/mol. The standard InChI is InChI=1S/C63H84N8O17/c1-8-9-10-28-87-45-25-21-40(22-26-45)38-13-11-37(12-14-38)39-15-17-42(18-16-39)56(80)64-46-31-48(76)61(88-29-27-71(5,6)7)68-60(84)52-53(77)34(2)32-70(52)63(86)50(36(4)73)66-59(83)51(55(79)54(78)41-19-23-43(74)24-20-41)67-58(82)47-30-44(75)33-69(47)62(85)49(35(3)72)65-57(46)81/h11-26,34-36,44,46-55,61,72-73,75-79H,8-10,27-33H2,1-7H3,(H5-,64,65,66,67,68,74,80,81,82,83,84)/p+1/t34-,35+,36+,44+,46?,47?,48+,49?,50?,51?,52?,53-,54-,55-,61?/m0/s1. The van der Waals surface area contributed by atoms with Gasteiger partial charge in [-0.1, -0.05) is 87.4 Å². The summed E-state index contributed by atoms with van der Waals surface area (Å²) in [5.74, 6) is -8.24. The van der Waals surface area contributed by atoms with Crippen LogP contribution in [0, 0.1) is 5.92 Å². The number of amides is 7. The summed E-state index contributed by atoms with van der Waals surface area (Å²) in [5, 5.41) is 103. The number of rotatable bonds is 18. The van der Waals surface area contributed by atoms with Crippen LogP contribution in [0.5, 0.6) is 11.5 Å². The average Bonchev–Trinajstić information content (AvgIpc) is 2.08. The van der Waals surface area contributed by atoms with Gasteiger partial charge < -0.3 is 91.2 Å². The van der Waals surface area contributed by atoms with Crippen LogP contribution in [0.4, 0.5) is 0 Å². The second-order valence-corrected chi connectivity index (χ2v) is 24.1. The summed E-state index contributed by atoms with van der Waals surface area (Å²) >= 11 is 0. The average molecular weight is 1230 g/mol. The van der Waals surface area contributed by atoms with Crippen molar-refractivity contribution in [2.75, 3.05) is 54.0 Å². The van der Waals surface area contributed by atoms with Crippen LogP contribution >= 0.6 is 0 Å². The quantitative estimate of drug-likeness (QED) is 0.0453. The molecule has 0 radical (unpaired) electrons. The Bertz CT molecular complexity index is 3040. The van der Waals surface area contributed by atoms with Crippen LogP contribution in [0.1, 0.15) is 81.8 Å². The van der Waals surface area contributed by atoms with Gasteiger partial charge in [-0.05, 0) is 84.5 Å². The number of hydrogen-bond donors (Lipinski definition) is 13. The molecule has 7 unspecified atom stereocenters. The van der Waals surface area contributed by atoms with Gasteiger partial charge in [0.25, 0.3) is 5.91 Å². The summed E-state index contributed by atoms with van der Waals surface area (Å²) in [5.41, 5.74) is 3.48. The highest BCUT2D eigenvalue weighted by Gasteiger charge is 2.50. The zero-order valence-corrected chi connectivity index (χ0v) is 50.6. The molecule has 88 heavy (non-hydrogen) atoms. The fraction of sp³-hybridized carbons (Fsp3) is 0.508. The molecule has 0 bridgehead atoms. The van der Waals surface area contributed by atoms with E-state index in [1.165, 1.54) is 43.3 Å². The fourth-order valence-corrected chi connectivity index (χ4v) is 10.8. The number of nitrogens with zero attached hydrogens (tertiary/aromatic N) is 3. The van der Waals surface area contributed by atoms with Crippen molar-refractivity contribution in [2.45, 2.75) is 145 Å². The van der Waals surface area contributed by atoms with Crippen LogP contribution < -0.4 is 31.3 Å². The number of ether oxygens (including phenoxy) is 2. The first-order chi connectivity index (χ1) is 41.6.